The summed E-state index contributed by atoms with van der Waals surface area (Å²) in [5, 5.41) is 0. The lowest BCUT2D eigenvalue weighted by Gasteiger charge is -1.90. The minimum Gasteiger partial charge on any atom is -0.229 e. The first-order chi connectivity index (χ1) is 10.7. The van der Waals surface area contributed by atoms with Gasteiger partial charge in [0.2, 0.25) is 0 Å². The van der Waals surface area contributed by atoms with Crippen molar-refractivity contribution in [2.24, 2.45) is 0 Å². The molecule has 2 nitrogen and oxygen atoms in total. The van der Waals surface area contributed by atoms with Gasteiger partial charge in [-0.1, -0.05) is 12.1 Å². The molecule has 0 spiro atoms. The largest absolute Gasteiger partial charge is 0.229 e. The van der Waals surface area contributed by atoms with Gasteiger partial charge >= 0.3 is 0 Å². The van der Waals surface area contributed by atoms with Gasteiger partial charge in [-0.2, -0.15) is 0 Å². The number of aryl methyl sites for hydroxylation is 2. The second-order valence-corrected chi connectivity index (χ2v) is 9.75. The highest BCUT2D eigenvalue weighted by atomic mass is 33.1. The van der Waals surface area contributed by atoms with E-state index in [4.69, 9.17) is 9.97 Å². The zero-order valence-corrected chi connectivity index (χ0v) is 15.3. The molecule has 2 aromatic carbocycles. The molecule has 0 aliphatic carbocycles. The minimum atomic E-state index is 1.08. The van der Waals surface area contributed by atoms with Gasteiger partial charge in [0.05, 0.1) is 20.4 Å². The van der Waals surface area contributed by atoms with E-state index in [9.17, 15) is 0 Å². The Hall–Kier alpha value is -1.08. The maximum atomic E-state index is 4.69. The van der Waals surface area contributed by atoms with Crippen molar-refractivity contribution in [1.29, 1.82) is 0 Å². The predicted octanol–water partition coefficient (Wildman–Crippen LogP) is 6.32. The summed E-state index contributed by atoms with van der Waals surface area (Å²) in [6, 6.07) is 12.9. The minimum absolute atomic E-state index is 1.08. The fourth-order valence-electron chi connectivity index (χ4n) is 2.18. The molecule has 2 heterocycles. The first-order valence-corrected chi connectivity index (χ1v) is 10.5. The van der Waals surface area contributed by atoms with Gasteiger partial charge in [0.1, 0.15) is 0 Å². The smallest absolute Gasteiger partial charge is 0.162 e. The Kier molecular flexibility index (Phi) is 3.86. The van der Waals surface area contributed by atoms with E-state index < -0.39 is 0 Å². The number of nitrogens with zero attached hydrogens (tertiary/aromatic N) is 2. The van der Waals surface area contributed by atoms with Crippen LogP contribution in [0.2, 0.25) is 0 Å². The van der Waals surface area contributed by atoms with Crippen LogP contribution in [0, 0.1) is 13.8 Å². The number of rotatable bonds is 3. The van der Waals surface area contributed by atoms with Crippen LogP contribution in [0.1, 0.15) is 11.1 Å². The Morgan fingerprint density at radius 3 is 1.64 bits per heavy atom. The van der Waals surface area contributed by atoms with Crippen LogP contribution < -0.4 is 0 Å². The highest BCUT2D eigenvalue weighted by Gasteiger charge is 2.09. The van der Waals surface area contributed by atoms with Crippen LogP contribution in [0.15, 0.2) is 45.1 Å². The summed E-state index contributed by atoms with van der Waals surface area (Å²) in [5.74, 6) is 0. The number of hydrogen-bond donors (Lipinski definition) is 0. The SMILES string of the molecule is Cc1ccc2sc(SSc3nc4cc(C)ccc4s3)nc2c1. The molecule has 0 amide bonds. The van der Waals surface area contributed by atoms with Gasteiger partial charge in [-0.3, -0.25) is 0 Å². The standard InChI is InChI=1S/C16H12N2S4/c1-9-3-5-13-11(7-9)17-15(19-13)21-22-16-18-12-8-10(2)4-6-14(12)20-16/h3-8H,1-2H3. The van der Waals surface area contributed by atoms with Gasteiger partial charge in [0.25, 0.3) is 0 Å². The molecule has 2 aromatic heterocycles. The van der Waals surface area contributed by atoms with E-state index in [1.54, 1.807) is 44.3 Å². The average Bonchev–Trinajstić information content (AvgIpc) is 3.07. The number of benzene rings is 2. The maximum absolute atomic E-state index is 4.69. The average molecular weight is 361 g/mol. The molecule has 0 atom stereocenters. The third kappa shape index (κ3) is 2.88. The summed E-state index contributed by atoms with van der Waals surface area (Å²) in [6.07, 6.45) is 0. The first-order valence-electron chi connectivity index (χ1n) is 6.76. The zero-order valence-electron chi connectivity index (χ0n) is 12.0. The second kappa shape index (κ2) is 5.85. The number of hydrogen-bond acceptors (Lipinski definition) is 6. The summed E-state index contributed by atoms with van der Waals surface area (Å²) >= 11 is 3.48. The molecule has 0 saturated carbocycles. The molecular formula is C16H12N2S4. The Labute approximate surface area is 144 Å². The Morgan fingerprint density at radius 2 is 1.18 bits per heavy atom. The Balaban J connectivity index is 1.56. The lowest BCUT2D eigenvalue weighted by molar-refractivity contribution is 1.30. The normalized spacial score (nSPS) is 11.5. The molecule has 4 rings (SSSR count). The molecule has 110 valence electrons. The number of aromatic nitrogens is 2. The fourth-order valence-corrected chi connectivity index (χ4v) is 6.63. The molecule has 0 aliphatic heterocycles. The van der Waals surface area contributed by atoms with Crippen LogP contribution in [0.3, 0.4) is 0 Å². The van der Waals surface area contributed by atoms with Crippen molar-refractivity contribution >= 4 is 64.7 Å². The Bertz CT molecular complexity index is 891. The van der Waals surface area contributed by atoms with E-state index in [0.717, 1.165) is 19.7 Å². The van der Waals surface area contributed by atoms with Crippen molar-refractivity contribution in [2.75, 3.05) is 0 Å². The van der Waals surface area contributed by atoms with E-state index in [1.165, 1.54) is 20.5 Å². The third-order valence-corrected chi connectivity index (χ3v) is 8.27. The first kappa shape index (κ1) is 14.5. The van der Waals surface area contributed by atoms with Crippen LogP contribution >= 0.6 is 44.3 Å². The van der Waals surface area contributed by atoms with Crippen LogP contribution in [-0.2, 0) is 0 Å². The van der Waals surface area contributed by atoms with Gasteiger partial charge in [0.15, 0.2) is 8.68 Å². The van der Waals surface area contributed by atoms with Crippen molar-refractivity contribution in [2.45, 2.75) is 22.5 Å². The van der Waals surface area contributed by atoms with E-state index in [0.29, 0.717) is 0 Å². The molecule has 0 saturated heterocycles. The molecule has 6 heteroatoms. The van der Waals surface area contributed by atoms with Gasteiger partial charge in [-0.05, 0) is 70.8 Å². The van der Waals surface area contributed by atoms with Crippen molar-refractivity contribution in [3.05, 3.63) is 47.5 Å². The van der Waals surface area contributed by atoms with Gasteiger partial charge in [-0.15, -0.1) is 22.7 Å². The molecule has 0 radical (unpaired) electrons. The summed E-state index contributed by atoms with van der Waals surface area (Å²) < 4.78 is 4.66. The predicted molar refractivity (Wildman–Crippen MR) is 100 cm³/mol. The van der Waals surface area contributed by atoms with Gasteiger partial charge in [-0.25, -0.2) is 9.97 Å². The van der Waals surface area contributed by atoms with Gasteiger partial charge < -0.3 is 0 Å². The number of fused-ring (bicyclic) bond motifs is 2. The second-order valence-electron chi connectivity index (χ2n) is 5.07. The quantitative estimate of drug-likeness (QED) is 0.399. The van der Waals surface area contributed by atoms with Crippen molar-refractivity contribution < 1.29 is 0 Å². The maximum Gasteiger partial charge on any atom is 0.162 e. The summed E-state index contributed by atoms with van der Waals surface area (Å²) in [5.41, 5.74) is 4.69. The van der Waals surface area contributed by atoms with E-state index in [1.807, 2.05) is 0 Å². The van der Waals surface area contributed by atoms with Crippen LogP contribution in [0.25, 0.3) is 20.4 Å². The molecule has 0 unspecified atom stereocenters. The fraction of sp³-hybridized carbons (Fsp3) is 0.125. The number of thiazole rings is 2. The lowest BCUT2D eigenvalue weighted by Crippen LogP contribution is -1.72. The lowest BCUT2D eigenvalue weighted by atomic mass is 10.2. The monoisotopic (exact) mass is 360 g/mol. The molecule has 0 bridgehead atoms. The van der Waals surface area contributed by atoms with Crippen molar-refractivity contribution in [1.82, 2.24) is 9.97 Å². The third-order valence-electron chi connectivity index (χ3n) is 3.23. The molecule has 0 fully saturated rings. The molecule has 4 aromatic rings. The molecule has 0 aliphatic rings. The zero-order chi connectivity index (χ0) is 15.1. The van der Waals surface area contributed by atoms with Crippen LogP contribution in [0.5, 0.6) is 0 Å². The summed E-state index contributed by atoms with van der Waals surface area (Å²) in [4.78, 5) is 9.39. The van der Waals surface area contributed by atoms with E-state index in [-0.39, 0.29) is 0 Å². The molecular weight excluding hydrogens is 348 g/mol. The Morgan fingerprint density at radius 1 is 0.727 bits per heavy atom. The summed E-state index contributed by atoms with van der Waals surface area (Å²) in [6.45, 7) is 4.20. The highest BCUT2D eigenvalue weighted by molar-refractivity contribution is 8.77. The summed E-state index contributed by atoms with van der Waals surface area (Å²) in [7, 11) is 3.39. The van der Waals surface area contributed by atoms with Crippen LogP contribution in [-0.4, -0.2) is 9.97 Å². The van der Waals surface area contributed by atoms with Crippen molar-refractivity contribution in [3.63, 3.8) is 0 Å². The highest BCUT2D eigenvalue weighted by Crippen LogP contribution is 2.43. The molecule has 0 N–H and O–H groups in total. The van der Waals surface area contributed by atoms with E-state index >= 15 is 0 Å². The van der Waals surface area contributed by atoms with Crippen molar-refractivity contribution in [3.8, 4) is 0 Å². The topological polar surface area (TPSA) is 25.8 Å². The van der Waals surface area contributed by atoms with Crippen LogP contribution in [0.4, 0.5) is 0 Å². The van der Waals surface area contributed by atoms with Gasteiger partial charge in [0, 0.05) is 0 Å². The molecule has 22 heavy (non-hydrogen) atoms. The van der Waals surface area contributed by atoms with E-state index in [2.05, 4.69) is 50.2 Å².